The Kier molecular flexibility index (Phi) is 6.12. The Morgan fingerprint density at radius 3 is 2.58 bits per heavy atom. The fourth-order valence-corrected chi connectivity index (χ4v) is 3.06. The van der Waals surface area contributed by atoms with E-state index in [0.717, 1.165) is 51.5 Å². The molecule has 26 heavy (non-hydrogen) atoms. The first-order valence-corrected chi connectivity index (χ1v) is 9.11. The van der Waals surface area contributed by atoms with Crippen molar-refractivity contribution in [3.05, 3.63) is 48.2 Å². The maximum atomic E-state index is 12.7. The molecule has 7 heteroatoms. The normalized spacial score (nSPS) is 15.1. The summed E-state index contributed by atoms with van der Waals surface area (Å²) in [6.07, 6.45) is 5.98. The monoisotopic (exact) mass is 354 g/mol. The van der Waals surface area contributed by atoms with Gasteiger partial charge in [0.2, 0.25) is 0 Å². The van der Waals surface area contributed by atoms with Crippen LogP contribution in [0, 0.1) is 0 Å². The molecule has 0 bridgehead atoms. The summed E-state index contributed by atoms with van der Waals surface area (Å²) in [5.74, 6) is 0.761. The molecule has 3 heterocycles. The molecule has 1 amide bonds. The minimum Gasteiger partial charge on any atom is -0.359 e. The van der Waals surface area contributed by atoms with Crippen molar-refractivity contribution in [2.75, 3.05) is 51.2 Å². The van der Waals surface area contributed by atoms with Crippen LogP contribution in [-0.4, -0.2) is 77.0 Å². The number of anilines is 1. The van der Waals surface area contributed by atoms with E-state index in [2.05, 4.69) is 26.8 Å². The Balaban J connectivity index is 1.61. The zero-order valence-corrected chi connectivity index (χ0v) is 15.5. The molecule has 0 spiro atoms. The van der Waals surface area contributed by atoms with Crippen LogP contribution in [0.25, 0.3) is 0 Å². The molecule has 0 aromatic carbocycles. The van der Waals surface area contributed by atoms with Gasteiger partial charge in [0.25, 0.3) is 5.91 Å². The SMILES string of the molecule is CCN1CCN(C(=O)c2cc(N(C)CCc3ccncc3)ncn2)CC1. The van der Waals surface area contributed by atoms with Crippen LogP contribution in [-0.2, 0) is 6.42 Å². The van der Waals surface area contributed by atoms with Crippen LogP contribution in [0.5, 0.6) is 0 Å². The summed E-state index contributed by atoms with van der Waals surface area (Å²) in [5, 5.41) is 0. The second-order valence-corrected chi connectivity index (χ2v) is 6.51. The minimum atomic E-state index is -0.00747. The Morgan fingerprint density at radius 1 is 1.15 bits per heavy atom. The van der Waals surface area contributed by atoms with Gasteiger partial charge in [-0.15, -0.1) is 0 Å². The molecule has 138 valence electrons. The summed E-state index contributed by atoms with van der Waals surface area (Å²) in [4.78, 5) is 31.6. The number of amides is 1. The average Bonchev–Trinajstić information content (AvgIpc) is 2.72. The zero-order chi connectivity index (χ0) is 18.4. The highest BCUT2D eigenvalue weighted by Crippen LogP contribution is 2.13. The maximum Gasteiger partial charge on any atom is 0.272 e. The molecule has 0 unspecified atom stereocenters. The van der Waals surface area contributed by atoms with Gasteiger partial charge < -0.3 is 14.7 Å². The van der Waals surface area contributed by atoms with Gasteiger partial charge in [-0.25, -0.2) is 9.97 Å². The number of piperazine rings is 1. The summed E-state index contributed by atoms with van der Waals surface area (Å²) in [6.45, 7) is 7.34. The van der Waals surface area contributed by atoms with Crippen LogP contribution in [0.15, 0.2) is 36.9 Å². The van der Waals surface area contributed by atoms with Crippen LogP contribution in [0.1, 0.15) is 23.0 Å². The number of carbonyl (C=O) groups excluding carboxylic acids is 1. The van der Waals surface area contributed by atoms with E-state index >= 15 is 0 Å². The second-order valence-electron chi connectivity index (χ2n) is 6.51. The highest BCUT2D eigenvalue weighted by molar-refractivity contribution is 5.93. The third-order valence-electron chi connectivity index (χ3n) is 4.85. The van der Waals surface area contributed by atoms with Gasteiger partial charge in [0.1, 0.15) is 17.8 Å². The molecule has 0 atom stereocenters. The van der Waals surface area contributed by atoms with Gasteiger partial charge in [0.15, 0.2) is 0 Å². The largest absolute Gasteiger partial charge is 0.359 e. The van der Waals surface area contributed by atoms with Crippen molar-refractivity contribution in [1.82, 2.24) is 24.8 Å². The molecule has 0 aliphatic carbocycles. The van der Waals surface area contributed by atoms with Crippen molar-refractivity contribution in [3.8, 4) is 0 Å². The smallest absolute Gasteiger partial charge is 0.272 e. The van der Waals surface area contributed by atoms with Crippen LogP contribution in [0.3, 0.4) is 0 Å². The van der Waals surface area contributed by atoms with Gasteiger partial charge in [-0.05, 0) is 30.7 Å². The first kappa shape index (κ1) is 18.3. The molecule has 2 aromatic rings. The molecule has 1 aliphatic heterocycles. The third kappa shape index (κ3) is 4.54. The summed E-state index contributed by atoms with van der Waals surface area (Å²) in [7, 11) is 1.98. The number of nitrogens with zero attached hydrogens (tertiary/aromatic N) is 6. The van der Waals surface area contributed by atoms with Crippen molar-refractivity contribution in [3.63, 3.8) is 0 Å². The number of carbonyl (C=O) groups is 1. The lowest BCUT2D eigenvalue weighted by atomic mass is 10.2. The topological polar surface area (TPSA) is 65.5 Å². The van der Waals surface area contributed by atoms with Gasteiger partial charge in [0.05, 0.1) is 0 Å². The fourth-order valence-electron chi connectivity index (χ4n) is 3.06. The molecular formula is C19H26N6O. The van der Waals surface area contributed by atoms with E-state index in [-0.39, 0.29) is 5.91 Å². The Labute approximate surface area is 154 Å². The predicted molar refractivity (Wildman–Crippen MR) is 101 cm³/mol. The fraction of sp³-hybridized carbons (Fsp3) is 0.474. The van der Waals surface area contributed by atoms with Gasteiger partial charge in [-0.2, -0.15) is 0 Å². The molecular weight excluding hydrogens is 328 g/mol. The second kappa shape index (κ2) is 8.71. The van der Waals surface area contributed by atoms with E-state index in [4.69, 9.17) is 0 Å². The summed E-state index contributed by atoms with van der Waals surface area (Å²) in [5.41, 5.74) is 1.70. The van der Waals surface area contributed by atoms with E-state index in [0.29, 0.717) is 5.69 Å². The molecule has 1 aliphatic rings. The standard InChI is InChI=1S/C19H26N6O/c1-3-24-10-12-25(13-11-24)19(26)17-14-18(22-15-21-17)23(2)9-6-16-4-7-20-8-5-16/h4-5,7-8,14-15H,3,6,9-13H2,1-2H3. The number of likely N-dealkylation sites (N-methyl/N-ethyl adjacent to an activating group) is 2. The average molecular weight is 354 g/mol. The molecule has 2 aromatic heterocycles. The summed E-state index contributed by atoms with van der Waals surface area (Å²) in [6, 6.07) is 5.82. The van der Waals surface area contributed by atoms with E-state index in [9.17, 15) is 4.79 Å². The molecule has 1 fully saturated rings. The first-order chi connectivity index (χ1) is 12.7. The Bertz CT molecular complexity index is 715. The van der Waals surface area contributed by atoms with E-state index in [1.807, 2.05) is 29.0 Å². The molecule has 7 nitrogen and oxygen atoms in total. The van der Waals surface area contributed by atoms with E-state index in [1.165, 1.54) is 11.9 Å². The van der Waals surface area contributed by atoms with Crippen LogP contribution < -0.4 is 4.90 Å². The number of pyridine rings is 1. The van der Waals surface area contributed by atoms with Crippen molar-refractivity contribution in [2.45, 2.75) is 13.3 Å². The molecule has 3 rings (SSSR count). The first-order valence-electron chi connectivity index (χ1n) is 9.11. The lowest BCUT2D eigenvalue weighted by molar-refractivity contribution is 0.0637. The quantitative estimate of drug-likeness (QED) is 0.780. The predicted octanol–water partition coefficient (Wildman–Crippen LogP) is 1.33. The van der Waals surface area contributed by atoms with Crippen molar-refractivity contribution in [1.29, 1.82) is 0 Å². The van der Waals surface area contributed by atoms with Gasteiger partial charge in [-0.3, -0.25) is 9.78 Å². The highest BCUT2D eigenvalue weighted by Gasteiger charge is 2.22. The zero-order valence-electron chi connectivity index (χ0n) is 15.5. The van der Waals surface area contributed by atoms with Crippen LogP contribution >= 0.6 is 0 Å². The maximum absolute atomic E-state index is 12.7. The minimum absolute atomic E-state index is 0.00747. The number of hydrogen-bond acceptors (Lipinski definition) is 6. The van der Waals surface area contributed by atoms with Crippen molar-refractivity contribution >= 4 is 11.7 Å². The Hall–Kier alpha value is -2.54. The number of rotatable bonds is 6. The lowest BCUT2D eigenvalue weighted by Gasteiger charge is -2.33. The molecule has 1 saturated heterocycles. The number of aromatic nitrogens is 3. The molecule has 0 saturated carbocycles. The van der Waals surface area contributed by atoms with Crippen LogP contribution in [0.4, 0.5) is 5.82 Å². The van der Waals surface area contributed by atoms with Gasteiger partial charge in [0, 0.05) is 58.2 Å². The molecule has 0 radical (unpaired) electrons. The lowest BCUT2D eigenvalue weighted by Crippen LogP contribution is -2.48. The van der Waals surface area contributed by atoms with E-state index < -0.39 is 0 Å². The summed E-state index contributed by atoms with van der Waals surface area (Å²) < 4.78 is 0. The Morgan fingerprint density at radius 2 is 1.88 bits per heavy atom. The number of hydrogen-bond donors (Lipinski definition) is 0. The van der Waals surface area contributed by atoms with Crippen molar-refractivity contribution < 1.29 is 4.79 Å². The summed E-state index contributed by atoms with van der Waals surface area (Å²) >= 11 is 0. The van der Waals surface area contributed by atoms with Gasteiger partial charge >= 0.3 is 0 Å². The van der Waals surface area contributed by atoms with Gasteiger partial charge in [-0.1, -0.05) is 6.92 Å². The molecule has 0 N–H and O–H groups in total. The van der Waals surface area contributed by atoms with Crippen molar-refractivity contribution in [2.24, 2.45) is 0 Å². The van der Waals surface area contributed by atoms with E-state index in [1.54, 1.807) is 18.5 Å². The highest BCUT2D eigenvalue weighted by atomic mass is 16.2. The van der Waals surface area contributed by atoms with Crippen LogP contribution in [0.2, 0.25) is 0 Å². The third-order valence-corrected chi connectivity index (χ3v) is 4.85.